The maximum absolute atomic E-state index is 2.49. The van der Waals surface area contributed by atoms with E-state index in [0.717, 1.165) is 29.1 Å². The van der Waals surface area contributed by atoms with Crippen LogP contribution in [0, 0.1) is 29.1 Å². The summed E-state index contributed by atoms with van der Waals surface area (Å²) in [7, 11) is 0. The number of hydrogen-bond donors (Lipinski definition) is 0. The van der Waals surface area contributed by atoms with E-state index in [4.69, 9.17) is 0 Å². The molecule has 4 atom stereocenters. The molecule has 3 aliphatic carbocycles. The first-order valence-corrected chi connectivity index (χ1v) is 5.26. The Balaban J connectivity index is 1.97. The predicted octanol–water partition coefficient (Wildman–Crippen LogP) is 3.08. The maximum Gasteiger partial charge on any atom is -0.0235 e. The Morgan fingerprint density at radius 3 is 1.55 bits per heavy atom. The Kier molecular flexibility index (Phi) is 0.990. The third-order valence-corrected chi connectivity index (χ3v) is 5.42. The van der Waals surface area contributed by atoms with Gasteiger partial charge in [0, 0.05) is 0 Å². The van der Waals surface area contributed by atoms with Gasteiger partial charge >= 0.3 is 0 Å². The molecule has 62 valence electrons. The van der Waals surface area contributed by atoms with Crippen molar-refractivity contribution in [3.05, 3.63) is 0 Å². The van der Waals surface area contributed by atoms with E-state index < -0.39 is 0 Å². The molecule has 0 aromatic rings. The second-order valence-electron chi connectivity index (χ2n) is 5.24. The smallest absolute Gasteiger partial charge is 0.0235 e. The molecule has 0 N–H and O–H groups in total. The standard InChI is InChI=1S/C11H18/c1-7-8(2)10-4-6-11(10)5-3-9(7)11/h7-10H,3-6H2,1-2H3. The van der Waals surface area contributed by atoms with Crippen molar-refractivity contribution < 1.29 is 0 Å². The average Bonchev–Trinajstić information content (AvgIpc) is 1.88. The third kappa shape index (κ3) is 0.494. The predicted molar refractivity (Wildman–Crippen MR) is 46.2 cm³/mol. The fourth-order valence-corrected chi connectivity index (χ4v) is 4.44. The highest BCUT2D eigenvalue weighted by molar-refractivity contribution is 5.14. The van der Waals surface area contributed by atoms with Crippen molar-refractivity contribution in [3.63, 3.8) is 0 Å². The molecule has 0 saturated heterocycles. The molecule has 0 radical (unpaired) electrons. The summed E-state index contributed by atoms with van der Waals surface area (Å²) in [5.41, 5.74) is 0.916. The van der Waals surface area contributed by atoms with Crippen LogP contribution in [-0.4, -0.2) is 0 Å². The van der Waals surface area contributed by atoms with Crippen LogP contribution in [0.25, 0.3) is 0 Å². The molecule has 0 bridgehead atoms. The lowest BCUT2D eigenvalue weighted by molar-refractivity contribution is -0.0754. The summed E-state index contributed by atoms with van der Waals surface area (Å²) >= 11 is 0. The molecule has 0 amide bonds. The van der Waals surface area contributed by atoms with Gasteiger partial charge in [0.2, 0.25) is 0 Å². The Labute approximate surface area is 69.4 Å². The Hall–Kier alpha value is 0. The van der Waals surface area contributed by atoms with Crippen LogP contribution in [0.3, 0.4) is 0 Å². The minimum absolute atomic E-state index is 0.916. The zero-order chi connectivity index (χ0) is 7.64. The summed E-state index contributed by atoms with van der Waals surface area (Å²) < 4.78 is 0. The first kappa shape index (κ1) is 6.51. The lowest BCUT2D eigenvalue weighted by Crippen LogP contribution is -2.48. The molecule has 0 aromatic heterocycles. The Morgan fingerprint density at radius 2 is 1.36 bits per heavy atom. The van der Waals surface area contributed by atoms with Crippen LogP contribution in [0.4, 0.5) is 0 Å². The van der Waals surface area contributed by atoms with Gasteiger partial charge in [-0.2, -0.15) is 0 Å². The quantitative estimate of drug-likeness (QED) is 0.498. The zero-order valence-electron chi connectivity index (χ0n) is 7.64. The summed E-state index contributed by atoms with van der Waals surface area (Å²) in [6.45, 7) is 4.99. The molecule has 0 aliphatic heterocycles. The highest BCUT2D eigenvalue weighted by Crippen LogP contribution is 2.73. The van der Waals surface area contributed by atoms with Crippen LogP contribution in [0.5, 0.6) is 0 Å². The molecular weight excluding hydrogens is 132 g/mol. The van der Waals surface area contributed by atoms with Crippen LogP contribution in [-0.2, 0) is 0 Å². The molecule has 11 heavy (non-hydrogen) atoms. The van der Waals surface area contributed by atoms with Gasteiger partial charge in [-0.15, -0.1) is 0 Å². The second kappa shape index (κ2) is 1.67. The van der Waals surface area contributed by atoms with Crippen molar-refractivity contribution in [1.82, 2.24) is 0 Å². The number of hydrogen-bond acceptors (Lipinski definition) is 0. The van der Waals surface area contributed by atoms with E-state index in [1.807, 2.05) is 0 Å². The van der Waals surface area contributed by atoms with Gasteiger partial charge in [0.25, 0.3) is 0 Å². The SMILES string of the molecule is CC1C(C)C2CCC23CCC13. The van der Waals surface area contributed by atoms with Gasteiger partial charge in [0.1, 0.15) is 0 Å². The van der Waals surface area contributed by atoms with Gasteiger partial charge in [-0.1, -0.05) is 13.8 Å². The van der Waals surface area contributed by atoms with Gasteiger partial charge in [-0.05, 0) is 54.8 Å². The Morgan fingerprint density at radius 1 is 0.909 bits per heavy atom. The lowest BCUT2D eigenvalue weighted by Gasteiger charge is -2.57. The molecule has 0 nitrogen and oxygen atoms in total. The summed E-state index contributed by atoms with van der Waals surface area (Å²) in [5, 5.41) is 0. The van der Waals surface area contributed by atoms with Crippen molar-refractivity contribution >= 4 is 0 Å². The summed E-state index contributed by atoms with van der Waals surface area (Å²) in [6, 6.07) is 0. The van der Waals surface area contributed by atoms with E-state index in [9.17, 15) is 0 Å². The maximum atomic E-state index is 2.49. The van der Waals surface area contributed by atoms with Crippen molar-refractivity contribution in [2.75, 3.05) is 0 Å². The molecule has 0 heterocycles. The van der Waals surface area contributed by atoms with E-state index in [1.54, 1.807) is 25.7 Å². The minimum Gasteiger partial charge on any atom is -0.0620 e. The van der Waals surface area contributed by atoms with E-state index in [1.165, 1.54) is 0 Å². The highest BCUT2D eigenvalue weighted by atomic mass is 14.7. The average molecular weight is 150 g/mol. The minimum atomic E-state index is 0.916. The molecule has 0 aromatic carbocycles. The first-order chi connectivity index (χ1) is 5.26. The molecule has 3 rings (SSSR count). The molecular formula is C11H18. The molecule has 3 aliphatic rings. The molecule has 0 heteroatoms. The van der Waals surface area contributed by atoms with Crippen LogP contribution in [0.2, 0.25) is 0 Å². The summed E-state index contributed by atoms with van der Waals surface area (Å²) in [4.78, 5) is 0. The van der Waals surface area contributed by atoms with E-state index in [2.05, 4.69) is 13.8 Å². The monoisotopic (exact) mass is 150 g/mol. The Bertz CT molecular complexity index is 172. The van der Waals surface area contributed by atoms with E-state index >= 15 is 0 Å². The van der Waals surface area contributed by atoms with Gasteiger partial charge in [-0.3, -0.25) is 0 Å². The number of rotatable bonds is 0. The van der Waals surface area contributed by atoms with Gasteiger partial charge in [-0.25, -0.2) is 0 Å². The third-order valence-electron chi connectivity index (χ3n) is 5.42. The molecule has 4 unspecified atom stereocenters. The summed E-state index contributed by atoms with van der Waals surface area (Å²) in [5.74, 6) is 4.40. The van der Waals surface area contributed by atoms with Crippen LogP contribution >= 0.6 is 0 Å². The first-order valence-electron chi connectivity index (χ1n) is 5.26. The molecule has 1 spiro atoms. The largest absolute Gasteiger partial charge is 0.0620 e. The van der Waals surface area contributed by atoms with Crippen LogP contribution < -0.4 is 0 Å². The van der Waals surface area contributed by atoms with Gasteiger partial charge < -0.3 is 0 Å². The van der Waals surface area contributed by atoms with Crippen molar-refractivity contribution in [3.8, 4) is 0 Å². The van der Waals surface area contributed by atoms with Crippen molar-refractivity contribution in [2.24, 2.45) is 29.1 Å². The van der Waals surface area contributed by atoms with Crippen molar-refractivity contribution in [1.29, 1.82) is 0 Å². The van der Waals surface area contributed by atoms with E-state index in [-0.39, 0.29) is 0 Å². The van der Waals surface area contributed by atoms with E-state index in [0.29, 0.717) is 0 Å². The lowest BCUT2D eigenvalue weighted by atomic mass is 9.48. The van der Waals surface area contributed by atoms with Crippen LogP contribution in [0.1, 0.15) is 39.5 Å². The molecule has 3 saturated carbocycles. The fraction of sp³-hybridized carbons (Fsp3) is 1.00. The van der Waals surface area contributed by atoms with Crippen LogP contribution in [0.15, 0.2) is 0 Å². The molecule has 3 fully saturated rings. The normalized spacial score (nSPS) is 66.0. The van der Waals surface area contributed by atoms with Crippen molar-refractivity contribution in [2.45, 2.75) is 39.5 Å². The van der Waals surface area contributed by atoms with Gasteiger partial charge in [0.05, 0.1) is 0 Å². The highest BCUT2D eigenvalue weighted by Gasteiger charge is 2.65. The van der Waals surface area contributed by atoms with Gasteiger partial charge in [0.15, 0.2) is 0 Å². The summed E-state index contributed by atoms with van der Waals surface area (Å²) in [6.07, 6.45) is 6.28. The topological polar surface area (TPSA) is 0 Å². The fourth-order valence-electron chi connectivity index (χ4n) is 4.44. The second-order valence-corrected chi connectivity index (χ2v) is 5.24. The zero-order valence-corrected chi connectivity index (χ0v) is 7.64.